The number of H-pyrrole nitrogens is 1. The van der Waals surface area contributed by atoms with Crippen LogP contribution in [0.1, 0.15) is 0 Å². The molecule has 3 N–H and O–H groups in total. The van der Waals surface area contributed by atoms with Crippen molar-refractivity contribution in [3.05, 3.63) is 60.9 Å². The Morgan fingerprint density at radius 3 is 2.43 bits per heavy atom. The van der Waals surface area contributed by atoms with Gasteiger partial charge in [-0.05, 0) is 12.1 Å². The van der Waals surface area contributed by atoms with Crippen LogP contribution in [0.5, 0.6) is 5.75 Å². The monoisotopic (exact) mass is 279 g/mol. The van der Waals surface area contributed by atoms with Crippen LogP contribution in [0.25, 0.3) is 22.5 Å². The fraction of sp³-hybridized carbons (Fsp3) is 0. The van der Waals surface area contributed by atoms with Crippen molar-refractivity contribution in [2.45, 2.75) is 0 Å². The first kappa shape index (κ1) is 12.9. The summed E-state index contributed by atoms with van der Waals surface area (Å²) in [5.41, 5.74) is 8.53. The van der Waals surface area contributed by atoms with Gasteiger partial charge < -0.3 is 15.5 Å². The summed E-state index contributed by atoms with van der Waals surface area (Å²) in [6.07, 6.45) is 2.56. The minimum Gasteiger partial charge on any atom is -0.408 e. The lowest BCUT2D eigenvalue weighted by Gasteiger charge is -2.02. The number of amides is 1. The predicted octanol–water partition coefficient (Wildman–Crippen LogP) is 3.20. The summed E-state index contributed by atoms with van der Waals surface area (Å²) in [5.74, 6) is 0.403. The number of aromatic amines is 1. The third-order valence-electron chi connectivity index (χ3n) is 3.05. The van der Waals surface area contributed by atoms with Crippen molar-refractivity contribution in [2.24, 2.45) is 5.73 Å². The molecule has 3 rings (SSSR count). The Bertz CT molecular complexity index is 752. The van der Waals surface area contributed by atoms with Gasteiger partial charge in [0.15, 0.2) is 5.75 Å². The lowest BCUT2D eigenvalue weighted by molar-refractivity contribution is 0.211. The number of hydrogen-bond donors (Lipinski definition) is 2. The maximum Gasteiger partial charge on any atom is 0.410 e. The molecule has 0 saturated heterocycles. The summed E-state index contributed by atoms with van der Waals surface area (Å²) in [6, 6.07) is 15.1. The molecule has 2 aromatic heterocycles. The molecule has 21 heavy (non-hydrogen) atoms. The van der Waals surface area contributed by atoms with Gasteiger partial charge in [-0.2, -0.15) is 0 Å². The second-order valence-electron chi connectivity index (χ2n) is 4.45. The average molecular weight is 279 g/mol. The minimum atomic E-state index is -0.840. The van der Waals surface area contributed by atoms with Gasteiger partial charge in [0.2, 0.25) is 0 Å². The van der Waals surface area contributed by atoms with Crippen LogP contribution >= 0.6 is 0 Å². The van der Waals surface area contributed by atoms with E-state index < -0.39 is 6.09 Å². The highest BCUT2D eigenvalue weighted by Crippen LogP contribution is 2.34. The number of hydrogen-bond acceptors (Lipinski definition) is 3. The molecule has 0 bridgehead atoms. The molecule has 0 aliphatic rings. The normalized spacial score (nSPS) is 10.3. The van der Waals surface area contributed by atoms with Gasteiger partial charge in [0.25, 0.3) is 0 Å². The maximum atomic E-state index is 11.1. The van der Waals surface area contributed by atoms with Crippen LogP contribution in [0.2, 0.25) is 0 Å². The van der Waals surface area contributed by atoms with Crippen molar-refractivity contribution in [3.8, 4) is 28.3 Å². The molecule has 5 heteroatoms. The van der Waals surface area contributed by atoms with Crippen LogP contribution < -0.4 is 10.5 Å². The number of carbonyl (C=O) groups excluding carboxylic acids is 1. The fourth-order valence-electron chi connectivity index (χ4n) is 2.13. The first-order valence-electron chi connectivity index (χ1n) is 6.40. The average Bonchev–Trinajstić information content (AvgIpc) is 2.92. The Balaban J connectivity index is 2.10. The molecule has 0 saturated carbocycles. The highest BCUT2D eigenvalue weighted by molar-refractivity contribution is 5.78. The number of carbonyl (C=O) groups is 1. The van der Waals surface area contributed by atoms with E-state index in [2.05, 4.69) is 9.97 Å². The maximum absolute atomic E-state index is 11.1. The minimum absolute atomic E-state index is 0.403. The zero-order valence-electron chi connectivity index (χ0n) is 11.1. The summed E-state index contributed by atoms with van der Waals surface area (Å²) in [4.78, 5) is 18.3. The highest BCUT2D eigenvalue weighted by Gasteiger charge is 2.14. The molecule has 0 unspecified atom stereocenters. The Morgan fingerprint density at radius 2 is 1.76 bits per heavy atom. The number of aromatic nitrogens is 2. The fourth-order valence-corrected chi connectivity index (χ4v) is 2.13. The highest BCUT2D eigenvalue weighted by atomic mass is 16.5. The molecule has 104 valence electrons. The van der Waals surface area contributed by atoms with Crippen LogP contribution in [0, 0.1) is 0 Å². The molecule has 0 spiro atoms. The van der Waals surface area contributed by atoms with E-state index in [1.54, 1.807) is 18.5 Å². The number of pyridine rings is 1. The summed E-state index contributed by atoms with van der Waals surface area (Å²) >= 11 is 0. The molecule has 2 heterocycles. The zero-order valence-corrected chi connectivity index (χ0v) is 11.1. The van der Waals surface area contributed by atoms with Gasteiger partial charge >= 0.3 is 6.09 Å². The van der Waals surface area contributed by atoms with Gasteiger partial charge in [-0.15, -0.1) is 0 Å². The van der Waals surface area contributed by atoms with Gasteiger partial charge in [-0.3, -0.25) is 4.98 Å². The van der Waals surface area contributed by atoms with E-state index in [1.807, 2.05) is 42.5 Å². The van der Waals surface area contributed by atoms with Crippen molar-refractivity contribution in [1.29, 1.82) is 0 Å². The number of nitrogens with two attached hydrogens (primary N) is 1. The van der Waals surface area contributed by atoms with Crippen LogP contribution in [-0.4, -0.2) is 16.1 Å². The Hall–Kier alpha value is -3.08. The zero-order chi connectivity index (χ0) is 14.7. The van der Waals surface area contributed by atoms with Gasteiger partial charge in [0, 0.05) is 35.3 Å². The number of primary amides is 1. The van der Waals surface area contributed by atoms with Gasteiger partial charge in [-0.25, -0.2) is 4.79 Å². The summed E-state index contributed by atoms with van der Waals surface area (Å²) in [6.45, 7) is 0. The topological polar surface area (TPSA) is 81.0 Å². The van der Waals surface area contributed by atoms with Gasteiger partial charge in [0.05, 0.1) is 5.69 Å². The van der Waals surface area contributed by atoms with Crippen LogP contribution in [0.15, 0.2) is 60.9 Å². The number of benzene rings is 1. The number of nitrogens with zero attached hydrogens (tertiary/aromatic N) is 1. The van der Waals surface area contributed by atoms with Crippen molar-refractivity contribution in [1.82, 2.24) is 9.97 Å². The molecular formula is C16H13N3O2. The molecule has 1 amide bonds. The van der Waals surface area contributed by atoms with Crippen molar-refractivity contribution in [2.75, 3.05) is 0 Å². The molecular weight excluding hydrogens is 266 g/mol. The molecule has 0 fully saturated rings. The third kappa shape index (κ3) is 2.76. The SMILES string of the molecule is NC(=O)Oc1cc(-c2ccncc2)[nH]c1-c1ccccc1. The van der Waals surface area contributed by atoms with Crippen molar-refractivity contribution < 1.29 is 9.53 Å². The van der Waals surface area contributed by atoms with E-state index in [0.717, 1.165) is 16.8 Å². The van der Waals surface area contributed by atoms with Gasteiger partial charge in [-0.1, -0.05) is 30.3 Å². The standard InChI is InChI=1S/C16H13N3O2/c17-16(20)21-14-10-13(11-6-8-18-9-7-11)19-15(14)12-4-2-1-3-5-12/h1-10,19H,(H2,17,20). The van der Waals surface area contributed by atoms with Gasteiger partial charge in [0.1, 0.15) is 0 Å². The quantitative estimate of drug-likeness (QED) is 0.772. The lowest BCUT2D eigenvalue weighted by Crippen LogP contribution is -2.16. The number of rotatable bonds is 3. The van der Waals surface area contributed by atoms with E-state index in [1.165, 1.54) is 0 Å². The summed E-state index contributed by atoms with van der Waals surface area (Å²) < 4.78 is 5.09. The Kier molecular flexibility index (Phi) is 3.39. The summed E-state index contributed by atoms with van der Waals surface area (Å²) in [5, 5.41) is 0. The van der Waals surface area contributed by atoms with E-state index in [-0.39, 0.29) is 0 Å². The molecule has 0 atom stereocenters. The van der Waals surface area contributed by atoms with E-state index in [9.17, 15) is 4.79 Å². The van der Waals surface area contributed by atoms with E-state index in [4.69, 9.17) is 10.5 Å². The molecule has 0 aliphatic heterocycles. The third-order valence-corrected chi connectivity index (χ3v) is 3.05. The van der Waals surface area contributed by atoms with E-state index in [0.29, 0.717) is 11.4 Å². The first-order chi connectivity index (χ1) is 10.2. The predicted molar refractivity (Wildman–Crippen MR) is 79.7 cm³/mol. The Morgan fingerprint density at radius 1 is 1.05 bits per heavy atom. The molecule has 0 radical (unpaired) electrons. The number of ether oxygens (including phenoxy) is 1. The number of nitrogens with one attached hydrogen (secondary N) is 1. The molecule has 5 nitrogen and oxygen atoms in total. The smallest absolute Gasteiger partial charge is 0.408 e. The molecule has 1 aromatic carbocycles. The largest absolute Gasteiger partial charge is 0.410 e. The Labute approximate surface area is 121 Å². The van der Waals surface area contributed by atoms with Crippen LogP contribution in [0.3, 0.4) is 0 Å². The first-order valence-corrected chi connectivity index (χ1v) is 6.40. The molecule has 0 aliphatic carbocycles. The van der Waals surface area contributed by atoms with Crippen LogP contribution in [0.4, 0.5) is 4.79 Å². The van der Waals surface area contributed by atoms with E-state index >= 15 is 0 Å². The van der Waals surface area contributed by atoms with Crippen LogP contribution in [-0.2, 0) is 0 Å². The summed E-state index contributed by atoms with van der Waals surface area (Å²) in [7, 11) is 0. The van der Waals surface area contributed by atoms with Crippen molar-refractivity contribution >= 4 is 6.09 Å². The molecule has 3 aromatic rings. The lowest BCUT2D eigenvalue weighted by atomic mass is 10.1. The van der Waals surface area contributed by atoms with Crippen molar-refractivity contribution in [3.63, 3.8) is 0 Å². The second-order valence-corrected chi connectivity index (χ2v) is 4.45. The second kappa shape index (κ2) is 5.50.